The lowest BCUT2D eigenvalue weighted by Crippen LogP contribution is -2.43. The second kappa shape index (κ2) is 7.84. The monoisotopic (exact) mass is 251 g/mol. The summed E-state index contributed by atoms with van der Waals surface area (Å²) in [4.78, 5) is 11.7. The van der Waals surface area contributed by atoms with Crippen LogP contribution in [0.3, 0.4) is 0 Å². The summed E-state index contributed by atoms with van der Waals surface area (Å²) >= 11 is 0. The van der Waals surface area contributed by atoms with Crippen LogP contribution >= 0.6 is 0 Å². The minimum atomic E-state index is -0.411. The van der Waals surface area contributed by atoms with Gasteiger partial charge in [-0.3, -0.25) is 4.79 Å². The van der Waals surface area contributed by atoms with Crippen LogP contribution in [-0.4, -0.2) is 32.5 Å². The molecule has 1 N–H and O–H groups in total. The van der Waals surface area contributed by atoms with E-state index < -0.39 is 6.29 Å². The van der Waals surface area contributed by atoms with Crippen molar-refractivity contribution in [2.24, 2.45) is 0 Å². The van der Waals surface area contributed by atoms with Crippen LogP contribution in [0, 0.1) is 0 Å². The van der Waals surface area contributed by atoms with Gasteiger partial charge in [0.2, 0.25) is 5.91 Å². The smallest absolute Gasteiger partial charge is 0.220 e. The third kappa shape index (κ3) is 4.85. The molecule has 0 heterocycles. The number of rotatable bonds is 7. The van der Waals surface area contributed by atoms with E-state index in [1.807, 2.05) is 37.3 Å². The summed E-state index contributed by atoms with van der Waals surface area (Å²) in [6, 6.07) is 9.79. The molecule has 0 saturated heterocycles. The first kappa shape index (κ1) is 14.7. The number of carbonyl (C=O) groups is 1. The van der Waals surface area contributed by atoms with E-state index in [2.05, 4.69) is 5.32 Å². The Morgan fingerprint density at radius 2 is 1.83 bits per heavy atom. The maximum atomic E-state index is 11.7. The van der Waals surface area contributed by atoms with Gasteiger partial charge in [0, 0.05) is 20.6 Å². The standard InChI is InChI=1S/C14H21NO3/c1-11(14(17-2)18-3)15-13(16)10-9-12-7-5-4-6-8-12/h4-8,11,14H,9-10H2,1-3H3,(H,15,16). The molecule has 0 aliphatic rings. The van der Waals surface area contributed by atoms with Crippen molar-refractivity contribution in [3.05, 3.63) is 35.9 Å². The average Bonchev–Trinajstić information content (AvgIpc) is 2.39. The molecule has 0 aliphatic carbocycles. The first-order valence-electron chi connectivity index (χ1n) is 6.06. The van der Waals surface area contributed by atoms with Crippen LogP contribution in [0.25, 0.3) is 0 Å². The number of aryl methyl sites for hydroxylation is 1. The molecule has 0 bridgehead atoms. The van der Waals surface area contributed by atoms with Crippen LogP contribution in [0.1, 0.15) is 18.9 Å². The molecule has 0 saturated carbocycles. The molecule has 1 rings (SSSR count). The van der Waals surface area contributed by atoms with Gasteiger partial charge >= 0.3 is 0 Å². The average molecular weight is 251 g/mol. The molecule has 1 atom stereocenters. The highest BCUT2D eigenvalue weighted by Crippen LogP contribution is 2.03. The van der Waals surface area contributed by atoms with Gasteiger partial charge in [-0.25, -0.2) is 0 Å². The first-order valence-corrected chi connectivity index (χ1v) is 6.06. The lowest BCUT2D eigenvalue weighted by atomic mass is 10.1. The molecule has 4 heteroatoms. The number of methoxy groups -OCH3 is 2. The van der Waals surface area contributed by atoms with Crippen LogP contribution < -0.4 is 5.32 Å². The SMILES string of the molecule is COC(OC)C(C)NC(=O)CCc1ccccc1. The fourth-order valence-electron chi connectivity index (χ4n) is 1.80. The topological polar surface area (TPSA) is 47.6 Å². The molecule has 0 aliphatic heterocycles. The molecule has 1 aromatic carbocycles. The molecule has 0 spiro atoms. The predicted molar refractivity (Wildman–Crippen MR) is 70.2 cm³/mol. The molecule has 4 nitrogen and oxygen atoms in total. The van der Waals surface area contributed by atoms with Crippen LogP contribution in [0.4, 0.5) is 0 Å². The van der Waals surface area contributed by atoms with Gasteiger partial charge in [0.1, 0.15) is 0 Å². The Hall–Kier alpha value is -1.39. The molecule has 0 fully saturated rings. The summed E-state index contributed by atoms with van der Waals surface area (Å²) in [6.07, 6.45) is 0.795. The summed E-state index contributed by atoms with van der Waals surface area (Å²) in [7, 11) is 3.11. The van der Waals surface area contributed by atoms with Gasteiger partial charge in [-0.15, -0.1) is 0 Å². The summed E-state index contributed by atoms with van der Waals surface area (Å²) in [5.74, 6) is 0.00505. The summed E-state index contributed by atoms with van der Waals surface area (Å²) in [5, 5.41) is 2.86. The highest BCUT2D eigenvalue weighted by atomic mass is 16.7. The quantitative estimate of drug-likeness (QED) is 0.751. The maximum absolute atomic E-state index is 11.7. The summed E-state index contributed by atoms with van der Waals surface area (Å²) in [5.41, 5.74) is 1.16. The number of amides is 1. The van der Waals surface area contributed by atoms with E-state index in [9.17, 15) is 4.79 Å². The number of ether oxygens (including phenoxy) is 2. The van der Waals surface area contributed by atoms with Gasteiger partial charge in [-0.05, 0) is 18.9 Å². The van der Waals surface area contributed by atoms with Crippen LogP contribution in [0.5, 0.6) is 0 Å². The van der Waals surface area contributed by atoms with Crippen molar-refractivity contribution in [3.63, 3.8) is 0 Å². The van der Waals surface area contributed by atoms with Crippen LogP contribution in [0.2, 0.25) is 0 Å². The summed E-state index contributed by atoms with van der Waals surface area (Å²) in [6.45, 7) is 1.86. The molecule has 18 heavy (non-hydrogen) atoms. The predicted octanol–water partition coefficient (Wildman–Crippen LogP) is 1.74. The van der Waals surface area contributed by atoms with E-state index in [4.69, 9.17) is 9.47 Å². The zero-order valence-corrected chi connectivity index (χ0v) is 11.2. The molecule has 1 aromatic rings. The molecular weight excluding hydrogens is 230 g/mol. The molecule has 100 valence electrons. The Morgan fingerprint density at radius 3 is 2.39 bits per heavy atom. The van der Waals surface area contributed by atoms with Gasteiger partial charge in [0.15, 0.2) is 6.29 Å². The van der Waals surface area contributed by atoms with Gasteiger partial charge in [-0.1, -0.05) is 30.3 Å². The Bertz CT molecular complexity index is 349. The maximum Gasteiger partial charge on any atom is 0.220 e. The number of nitrogens with one attached hydrogen (secondary N) is 1. The van der Waals surface area contributed by atoms with Gasteiger partial charge in [0.05, 0.1) is 6.04 Å². The van der Waals surface area contributed by atoms with Crippen molar-refractivity contribution in [1.82, 2.24) is 5.32 Å². The van der Waals surface area contributed by atoms with Crippen LogP contribution in [-0.2, 0) is 20.7 Å². The largest absolute Gasteiger partial charge is 0.354 e. The van der Waals surface area contributed by atoms with E-state index in [0.29, 0.717) is 6.42 Å². The molecule has 1 amide bonds. The number of hydrogen-bond donors (Lipinski definition) is 1. The van der Waals surface area contributed by atoms with E-state index >= 15 is 0 Å². The van der Waals surface area contributed by atoms with E-state index in [0.717, 1.165) is 12.0 Å². The first-order chi connectivity index (χ1) is 8.67. The fraction of sp³-hybridized carbons (Fsp3) is 0.500. The molecule has 1 unspecified atom stereocenters. The molecule has 0 aromatic heterocycles. The van der Waals surface area contributed by atoms with Crippen molar-refractivity contribution in [2.45, 2.75) is 32.1 Å². The number of carbonyl (C=O) groups excluding carboxylic acids is 1. The van der Waals surface area contributed by atoms with Crippen molar-refractivity contribution in [2.75, 3.05) is 14.2 Å². The van der Waals surface area contributed by atoms with E-state index in [1.54, 1.807) is 14.2 Å². The normalized spacial score (nSPS) is 12.4. The minimum Gasteiger partial charge on any atom is -0.354 e. The lowest BCUT2D eigenvalue weighted by molar-refractivity contribution is -0.135. The van der Waals surface area contributed by atoms with Gasteiger partial charge in [-0.2, -0.15) is 0 Å². The zero-order chi connectivity index (χ0) is 13.4. The third-order valence-electron chi connectivity index (χ3n) is 2.75. The van der Waals surface area contributed by atoms with Gasteiger partial charge < -0.3 is 14.8 Å². The second-order valence-electron chi connectivity index (χ2n) is 4.18. The Morgan fingerprint density at radius 1 is 1.22 bits per heavy atom. The highest BCUT2D eigenvalue weighted by molar-refractivity contribution is 5.76. The Kier molecular flexibility index (Phi) is 6.39. The van der Waals surface area contributed by atoms with Gasteiger partial charge in [0.25, 0.3) is 0 Å². The van der Waals surface area contributed by atoms with Crippen molar-refractivity contribution >= 4 is 5.91 Å². The van der Waals surface area contributed by atoms with E-state index in [-0.39, 0.29) is 11.9 Å². The lowest BCUT2D eigenvalue weighted by Gasteiger charge is -2.22. The second-order valence-corrected chi connectivity index (χ2v) is 4.18. The van der Waals surface area contributed by atoms with Crippen molar-refractivity contribution in [1.29, 1.82) is 0 Å². The number of benzene rings is 1. The molecular formula is C14H21NO3. The number of hydrogen-bond acceptors (Lipinski definition) is 3. The summed E-state index contributed by atoms with van der Waals surface area (Å²) < 4.78 is 10.2. The fourth-order valence-corrected chi connectivity index (χ4v) is 1.80. The minimum absolute atomic E-state index is 0.00505. The highest BCUT2D eigenvalue weighted by Gasteiger charge is 2.17. The van der Waals surface area contributed by atoms with Crippen molar-refractivity contribution < 1.29 is 14.3 Å². The van der Waals surface area contributed by atoms with Crippen molar-refractivity contribution in [3.8, 4) is 0 Å². The Labute approximate surface area is 108 Å². The third-order valence-corrected chi connectivity index (χ3v) is 2.75. The molecule has 0 radical (unpaired) electrons. The van der Waals surface area contributed by atoms with Crippen LogP contribution in [0.15, 0.2) is 30.3 Å². The zero-order valence-electron chi connectivity index (χ0n) is 11.2. The van der Waals surface area contributed by atoms with E-state index in [1.165, 1.54) is 0 Å². The Balaban J connectivity index is 2.33.